The number of aromatic nitrogens is 5. The molecule has 1 amide bonds. The Morgan fingerprint density at radius 1 is 1.32 bits per heavy atom. The van der Waals surface area contributed by atoms with E-state index in [0.29, 0.717) is 30.8 Å². The first-order valence-corrected chi connectivity index (χ1v) is 9.00. The van der Waals surface area contributed by atoms with Crippen LogP contribution in [0.5, 0.6) is 0 Å². The zero-order chi connectivity index (χ0) is 19.7. The summed E-state index contributed by atoms with van der Waals surface area (Å²) in [5, 5.41) is 5.27. The van der Waals surface area contributed by atoms with E-state index >= 15 is 0 Å². The number of benzene rings is 1. The van der Waals surface area contributed by atoms with Crippen LogP contribution in [-0.4, -0.2) is 30.2 Å². The van der Waals surface area contributed by atoms with Crippen LogP contribution in [0.2, 0.25) is 0 Å². The highest BCUT2D eigenvalue weighted by atomic mass is 16.1. The molecule has 1 aromatic carbocycles. The molecule has 3 aromatic heterocycles. The van der Waals surface area contributed by atoms with Crippen LogP contribution >= 0.6 is 0 Å². The molecular formula is C20H20N6O2. The lowest BCUT2D eigenvalue weighted by molar-refractivity contribution is -0.118. The maximum Gasteiger partial charge on any atom is 0.259 e. The van der Waals surface area contributed by atoms with E-state index in [0.717, 1.165) is 22.2 Å². The predicted octanol–water partition coefficient (Wildman–Crippen LogP) is 2.15. The molecule has 0 spiro atoms. The molecule has 3 heterocycles. The molecule has 0 radical (unpaired) electrons. The van der Waals surface area contributed by atoms with Gasteiger partial charge in [0.25, 0.3) is 5.56 Å². The fourth-order valence-corrected chi connectivity index (χ4v) is 3.28. The molecule has 0 atom stereocenters. The van der Waals surface area contributed by atoms with Crippen molar-refractivity contribution < 1.29 is 4.79 Å². The van der Waals surface area contributed by atoms with Crippen molar-refractivity contribution in [1.29, 1.82) is 0 Å². The van der Waals surface area contributed by atoms with Crippen molar-refractivity contribution in [2.24, 2.45) is 5.73 Å². The van der Waals surface area contributed by atoms with Crippen molar-refractivity contribution >= 4 is 16.8 Å². The van der Waals surface area contributed by atoms with Gasteiger partial charge in [0.2, 0.25) is 5.91 Å². The number of pyridine rings is 1. The maximum atomic E-state index is 12.7. The number of amides is 1. The van der Waals surface area contributed by atoms with E-state index in [9.17, 15) is 9.59 Å². The van der Waals surface area contributed by atoms with Gasteiger partial charge in [-0.3, -0.25) is 18.8 Å². The third kappa shape index (κ3) is 3.32. The molecule has 0 unspecified atom stereocenters. The van der Waals surface area contributed by atoms with E-state index in [1.54, 1.807) is 23.3 Å². The Bertz CT molecular complexity index is 1220. The minimum Gasteiger partial charge on any atom is -0.370 e. The fourth-order valence-electron chi connectivity index (χ4n) is 3.28. The van der Waals surface area contributed by atoms with E-state index in [1.807, 2.05) is 42.0 Å². The molecule has 0 aliphatic carbocycles. The second-order valence-corrected chi connectivity index (χ2v) is 6.70. The summed E-state index contributed by atoms with van der Waals surface area (Å²) in [4.78, 5) is 30.9. The highest BCUT2D eigenvalue weighted by molar-refractivity contribution is 5.85. The number of nitrogens with one attached hydrogen (secondary N) is 1. The average molecular weight is 376 g/mol. The molecule has 3 N–H and O–H groups in total. The number of nitrogens with two attached hydrogens (primary N) is 1. The van der Waals surface area contributed by atoms with Gasteiger partial charge in [0.1, 0.15) is 5.82 Å². The Kier molecular flexibility index (Phi) is 4.52. The molecule has 0 saturated carbocycles. The summed E-state index contributed by atoms with van der Waals surface area (Å²) in [5.74, 6) is 0.219. The van der Waals surface area contributed by atoms with Crippen LogP contribution in [0.1, 0.15) is 18.4 Å². The summed E-state index contributed by atoms with van der Waals surface area (Å²) in [6, 6.07) is 7.75. The number of carbonyl (C=O) groups excluding carboxylic acids is 1. The molecule has 0 aliphatic heterocycles. The van der Waals surface area contributed by atoms with Gasteiger partial charge >= 0.3 is 0 Å². The Balaban J connectivity index is 1.70. The third-order valence-electron chi connectivity index (χ3n) is 4.68. The minimum absolute atomic E-state index is 0.192. The quantitative estimate of drug-likeness (QED) is 0.537. The molecule has 0 saturated heterocycles. The van der Waals surface area contributed by atoms with E-state index in [2.05, 4.69) is 15.1 Å². The van der Waals surface area contributed by atoms with Gasteiger partial charge < -0.3 is 10.7 Å². The zero-order valence-corrected chi connectivity index (χ0v) is 15.4. The molecule has 4 rings (SSSR count). The van der Waals surface area contributed by atoms with Crippen molar-refractivity contribution in [1.82, 2.24) is 24.3 Å². The van der Waals surface area contributed by atoms with Crippen LogP contribution < -0.4 is 11.3 Å². The van der Waals surface area contributed by atoms with Crippen LogP contribution in [-0.2, 0) is 11.3 Å². The van der Waals surface area contributed by atoms with E-state index in [1.165, 1.54) is 0 Å². The smallest absolute Gasteiger partial charge is 0.259 e. The lowest BCUT2D eigenvalue weighted by Gasteiger charge is -2.07. The maximum absolute atomic E-state index is 12.7. The number of carbonyl (C=O) groups is 1. The summed E-state index contributed by atoms with van der Waals surface area (Å²) < 4.78 is 3.57. The van der Waals surface area contributed by atoms with Crippen LogP contribution in [0.4, 0.5) is 0 Å². The Hall–Kier alpha value is -3.68. The summed E-state index contributed by atoms with van der Waals surface area (Å²) >= 11 is 0. The molecule has 28 heavy (non-hydrogen) atoms. The average Bonchev–Trinajstić information content (AvgIpc) is 3.31. The first-order chi connectivity index (χ1) is 13.5. The molecular weight excluding hydrogens is 356 g/mol. The Labute approximate surface area is 160 Å². The van der Waals surface area contributed by atoms with Crippen LogP contribution in [0, 0.1) is 6.92 Å². The monoisotopic (exact) mass is 376 g/mol. The normalized spacial score (nSPS) is 11.2. The highest BCUT2D eigenvalue weighted by Gasteiger charge is 2.14. The van der Waals surface area contributed by atoms with Crippen LogP contribution in [0.25, 0.3) is 28.0 Å². The van der Waals surface area contributed by atoms with Gasteiger partial charge in [0.05, 0.1) is 23.0 Å². The molecule has 8 nitrogen and oxygen atoms in total. The number of hydrogen-bond acceptors (Lipinski definition) is 4. The topological polar surface area (TPSA) is 112 Å². The van der Waals surface area contributed by atoms with Crippen LogP contribution in [0.15, 0.2) is 53.8 Å². The van der Waals surface area contributed by atoms with Gasteiger partial charge in [-0.2, -0.15) is 5.10 Å². The number of rotatable bonds is 6. The summed E-state index contributed by atoms with van der Waals surface area (Å²) in [5.41, 5.74) is 8.10. The Morgan fingerprint density at radius 2 is 2.18 bits per heavy atom. The van der Waals surface area contributed by atoms with Gasteiger partial charge in [-0.05, 0) is 30.4 Å². The number of H-pyrrole nitrogens is 1. The number of aromatic amines is 1. The standard InChI is InChI=1S/C20H20N6O2/c1-13-4-2-5-14-10-16(20(28)24-18(13)14)19-22-7-9-26(19)15-11-23-25(12-15)8-3-6-17(21)27/h2,4-5,7,9-12H,3,6,8H2,1H3,(H2,21,27)(H,24,28). The number of para-hydroxylation sites is 1. The van der Waals surface area contributed by atoms with Crippen molar-refractivity contribution in [2.45, 2.75) is 26.3 Å². The molecule has 0 aliphatic rings. The van der Waals surface area contributed by atoms with Gasteiger partial charge in [0.15, 0.2) is 0 Å². The zero-order valence-electron chi connectivity index (χ0n) is 15.4. The predicted molar refractivity (Wildman–Crippen MR) is 106 cm³/mol. The molecule has 0 bridgehead atoms. The number of imidazole rings is 1. The van der Waals surface area contributed by atoms with Crippen molar-refractivity contribution in [3.05, 3.63) is 65.0 Å². The minimum atomic E-state index is -0.324. The third-order valence-corrected chi connectivity index (χ3v) is 4.68. The van der Waals surface area contributed by atoms with Gasteiger partial charge in [0, 0.05) is 31.6 Å². The van der Waals surface area contributed by atoms with Gasteiger partial charge in [-0.15, -0.1) is 0 Å². The number of hydrogen-bond donors (Lipinski definition) is 2. The Morgan fingerprint density at radius 3 is 3.00 bits per heavy atom. The van der Waals surface area contributed by atoms with Crippen molar-refractivity contribution in [2.75, 3.05) is 0 Å². The first-order valence-electron chi connectivity index (χ1n) is 9.00. The second kappa shape index (κ2) is 7.15. The first kappa shape index (κ1) is 17.7. The summed E-state index contributed by atoms with van der Waals surface area (Å²) in [7, 11) is 0. The fraction of sp³-hybridized carbons (Fsp3) is 0.200. The van der Waals surface area contributed by atoms with E-state index in [4.69, 9.17) is 5.73 Å². The number of fused-ring (bicyclic) bond motifs is 1. The largest absolute Gasteiger partial charge is 0.370 e. The van der Waals surface area contributed by atoms with Crippen LogP contribution in [0.3, 0.4) is 0 Å². The summed E-state index contributed by atoms with van der Waals surface area (Å²) in [6.45, 7) is 2.55. The molecule has 4 aromatic rings. The van der Waals surface area contributed by atoms with Crippen molar-refractivity contribution in [3.8, 4) is 17.1 Å². The second-order valence-electron chi connectivity index (χ2n) is 6.70. The van der Waals surface area contributed by atoms with Gasteiger partial charge in [-0.1, -0.05) is 18.2 Å². The molecule has 142 valence electrons. The van der Waals surface area contributed by atoms with E-state index < -0.39 is 0 Å². The van der Waals surface area contributed by atoms with E-state index in [-0.39, 0.29) is 11.5 Å². The lowest BCUT2D eigenvalue weighted by atomic mass is 10.1. The SMILES string of the molecule is Cc1cccc2cc(-c3nccn3-c3cnn(CCCC(N)=O)c3)c(=O)[nH]c12. The lowest BCUT2D eigenvalue weighted by Crippen LogP contribution is -2.12. The molecule has 8 heteroatoms. The van der Waals surface area contributed by atoms with Gasteiger partial charge in [-0.25, -0.2) is 4.98 Å². The number of primary amides is 1. The van der Waals surface area contributed by atoms with Crippen molar-refractivity contribution in [3.63, 3.8) is 0 Å². The highest BCUT2D eigenvalue weighted by Crippen LogP contribution is 2.22. The summed E-state index contributed by atoms with van der Waals surface area (Å²) in [6.07, 6.45) is 7.94. The molecule has 0 fully saturated rings. The number of nitrogens with zero attached hydrogens (tertiary/aromatic N) is 4. The number of aryl methyl sites for hydroxylation is 2.